The number of phenolic OH excluding ortho intramolecular Hbond substituents is 2. The van der Waals surface area contributed by atoms with Gasteiger partial charge in [0.15, 0.2) is 5.43 Å². The molecule has 0 aliphatic carbocycles. The van der Waals surface area contributed by atoms with Crippen LogP contribution in [0.1, 0.15) is 68.9 Å². The fourth-order valence-electron chi connectivity index (χ4n) is 6.02. The number of likely N-dealkylation sites (N-methyl/N-ethyl adjacent to an activating group) is 1. The maximum absolute atomic E-state index is 13.7. The summed E-state index contributed by atoms with van der Waals surface area (Å²) in [6.45, 7) is 5.63. The second-order valence-corrected chi connectivity index (χ2v) is 12.0. The second kappa shape index (κ2) is 15.1. The molecule has 1 aliphatic heterocycles. The fraction of sp³-hybridized carbons (Fsp3) is 0.405. The third kappa shape index (κ3) is 7.87. The molecule has 0 spiro atoms. The number of rotatable bonds is 13. The Morgan fingerprint density at radius 2 is 1.58 bits per heavy atom. The zero-order chi connectivity index (χ0) is 31.8. The van der Waals surface area contributed by atoms with Crippen LogP contribution in [0.25, 0.3) is 22.3 Å². The van der Waals surface area contributed by atoms with Gasteiger partial charge < -0.3 is 29.2 Å². The van der Waals surface area contributed by atoms with Crippen LogP contribution in [-0.4, -0.2) is 65.8 Å². The first-order valence-electron chi connectivity index (χ1n) is 16.1. The third-order valence-electron chi connectivity index (χ3n) is 8.69. The number of phenols is 2. The SMILES string of the molecule is CCCCCCCCOc1ccc([C@@H](CC(=O)N2CCN(C)CC2)c2c(O)cc(O)c3c(=O)cc(-c4ccccc4)oc23)cc1. The summed E-state index contributed by atoms with van der Waals surface area (Å²) in [5, 5.41) is 22.1. The van der Waals surface area contributed by atoms with Crippen LogP contribution in [0.4, 0.5) is 0 Å². The molecule has 0 bridgehead atoms. The topological polar surface area (TPSA) is 103 Å². The quantitative estimate of drug-likeness (QED) is 0.158. The van der Waals surface area contributed by atoms with Crippen molar-refractivity contribution in [3.8, 4) is 28.6 Å². The van der Waals surface area contributed by atoms with E-state index < -0.39 is 11.3 Å². The van der Waals surface area contributed by atoms with E-state index in [0.29, 0.717) is 36.6 Å². The van der Waals surface area contributed by atoms with Gasteiger partial charge in [0, 0.05) is 61.8 Å². The van der Waals surface area contributed by atoms with E-state index in [-0.39, 0.29) is 34.8 Å². The zero-order valence-corrected chi connectivity index (χ0v) is 26.3. The Morgan fingerprint density at radius 1 is 0.889 bits per heavy atom. The van der Waals surface area contributed by atoms with Gasteiger partial charge in [-0.15, -0.1) is 0 Å². The van der Waals surface area contributed by atoms with Crippen LogP contribution in [0, 0.1) is 0 Å². The summed E-state index contributed by atoms with van der Waals surface area (Å²) in [5.41, 5.74) is 1.37. The van der Waals surface area contributed by atoms with Gasteiger partial charge in [-0.05, 0) is 31.2 Å². The third-order valence-corrected chi connectivity index (χ3v) is 8.69. The molecule has 1 fully saturated rings. The van der Waals surface area contributed by atoms with Gasteiger partial charge in [0.2, 0.25) is 5.91 Å². The first kappa shape index (κ1) is 32.1. The number of amides is 1. The summed E-state index contributed by atoms with van der Waals surface area (Å²) in [5.74, 6) is -0.285. The molecule has 0 unspecified atom stereocenters. The molecule has 1 aromatic heterocycles. The molecule has 1 aliphatic rings. The molecule has 5 rings (SSSR count). The van der Waals surface area contributed by atoms with E-state index in [4.69, 9.17) is 9.15 Å². The standard InChI is InChI=1S/C37H44N2O6/c1-3-4-5-6-7-11-22-44-28-16-14-26(15-17-28)29(23-34(43)39-20-18-38(2)19-21-39)35-30(40)24-31(41)36-32(42)25-33(45-37(35)36)27-12-9-8-10-13-27/h8-10,12-17,24-25,29,40-41H,3-7,11,18-23H2,1-2H3/t29-/m1/s1. The minimum Gasteiger partial charge on any atom is -0.507 e. The van der Waals surface area contributed by atoms with Crippen molar-refractivity contribution in [1.82, 2.24) is 9.80 Å². The van der Waals surface area contributed by atoms with Crippen LogP contribution < -0.4 is 10.2 Å². The fourth-order valence-corrected chi connectivity index (χ4v) is 6.02. The van der Waals surface area contributed by atoms with Gasteiger partial charge in [0.05, 0.1) is 6.61 Å². The molecule has 0 saturated carbocycles. The summed E-state index contributed by atoms with van der Waals surface area (Å²) >= 11 is 0. The molecule has 45 heavy (non-hydrogen) atoms. The number of hydrogen-bond donors (Lipinski definition) is 2. The van der Waals surface area contributed by atoms with E-state index >= 15 is 0 Å². The number of hydrogen-bond acceptors (Lipinski definition) is 7. The Bertz CT molecular complexity index is 1630. The van der Waals surface area contributed by atoms with E-state index in [2.05, 4.69) is 11.8 Å². The highest BCUT2D eigenvalue weighted by atomic mass is 16.5. The molecule has 8 nitrogen and oxygen atoms in total. The van der Waals surface area contributed by atoms with Crippen molar-refractivity contribution in [2.45, 2.75) is 57.8 Å². The minimum absolute atomic E-state index is 0.0292. The number of piperazine rings is 1. The van der Waals surface area contributed by atoms with Crippen LogP contribution in [-0.2, 0) is 4.79 Å². The summed E-state index contributed by atoms with van der Waals surface area (Å²) < 4.78 is 12.3. The molecule has 1 atom stereocenters. The number of unbranched alkanes of at least 4 members (excludes halogenated alkanes) is 5. The van der Waals surface area contributed by atoms with Crippen LogP contribution in [0.3, 0.4) is 0 Å². The van der Waals surface area contributed by atoms with Gasteiger partial charge in [-0.1, -0.05) is 81.5 Å². The average Bonchev–Trinajstić information content (AvgIpc) is 3.04. The number of aromatic hydroxyl groups is 2. The molecule has 3 aromatic carbocycles. The van der Waals surface area contributed by atoms with Gasteiger partial charge in [0.25, 0.3) is 0 Å². The van der Waals surface area contributed by atoms with Crippen molar-refractivity contribution in [2.24, 2.45) is 0 Å². The van der Waals surface area contributed by atoms with Gasteiger partial charge in [-0.25, -0.2) is 0 Å². The molecular formula is C37H44N2O6. The number of fused-ring (bicyclic) bond motifs is 1. The van der Waals surface area contributed by atoms with Crippen LogP contribution in [0.15, 0.2) is 75.9 Å². The van der Waals surface area contributed by atoms with Crippen molar-refractivity contribution in [2.75, 3.05) is 39.8 Å². The van der Waals surface area contributed by atoms with E-state index in [1.807, 2.05) is 66.5 Å². The first-order chi connectivity index (χ1) is 21.9. The highest BCUT2D eigenvalue weighted by molar-refractivity contribution is 5.91. The molecule has 2 heterocycles. The smallest absolute Gasteiger partial charge is 0.223 e. The monoisotopic (exact) mass is 612 g/mol. The summed E-state index contributed by atoms with van der Waals surface area (Å²) in [6, 6.07) is 19.3. The average molecular weight is 613 g/mol. The highest BCUT2D eigenvalue weighted by Gasteiger charge is 2.30. The van der Waals surface area contributed by atoms with Crippen LogP contribution >= 0.6 is 0 Å². The second-order valence-electron chi connectivity index (χ2n) is 12.0. The maximum atomic E-state index is 13.7. The summed E-state index contributed by atoms with van der Waals surface area (Å²) in [6.07, 6.45) is 7.14. The van der Waals surface area contributed by atoms with Crippen molar-refractivity contribution < 1.29 is 24.2 Å². The number of ether oxygens (including phenoxy) is 1. The molecule has 1 amide bonds. The minimum atomic E-state index is -0.651. The Balaban J connectivity index is 1.50. The summed E-state index contributed by atoms with van der Waals surface area (Å²) in [4.78, 5) is 31.1. The van der Waals surface area contributed by atoms with E-state index in [9.17, 15) is 19.8 Å². The Morgan fingerprint density at radius 3 is 2.29 bits per heavy atom. The largest absolute Gasteiger partial charge is 0.507 e. The molecular weight excluding hydrogens is 568 g/mol. The normalized spacial score (nSPS) is 14.5. The van der Waals surface area contributed by atoms with Gasteiger partial charge in [0.1, 0.15) is 34.0 Å². The predicted octanol–water partition coefficient (Wildman–Crippen LogP) is 6.91. The first-order valence-corrected chi connectivity index (χ1v) is 16.1. The zero-order valence-electron chi connectivity index (χ0n) is 26.3. The Hall–Kier alpha value is -4.30. The van der Waals surface area contributed by atoms with Crippen LogP contribution in [0.2, 0.25) is 0 Å². The number of benzene rings is 3. The van der Waals surface area contributed by atoms with Crippen molar-refractivity contribution in [1.29, 1.82) is 0 Å². The lowest BCUT2D eigenvalue weighted by atomic mass is 9.86. The number of carbonyl (C=O) groups excluding carboxylic acids is 1. The molecule has 2 N–H and O–H groups in total. The van der Waals surface area contributed by atoms with Crippen molar-refractivity contribution in [3.05, 3.63) is 88.1 Å². The Labute approximate surface area is 264 Å². The lowest BCUT2D eigenvalue weighted by Gasteiger charge is -2.33. The lowest BCUT2D eigenvalue weighted by Crippen LogP contribution is -2.47. The number of nitrogens with zero attached hydrogens (tertiary/aromatic N) is 2. The molecule has 1 saturated heterocycles. The van der Waals surface area contributed by atoms with Gasteiger partial charge >= 0.3 is 0 Å². The van der Waals surface area contributed by atoms with Crippen molar-refractivity contribution >= 4 is 16.9 Å². The molecule has 238 valence electrons. The predicted molar refractivity (Wildman–Crippen MR) is 177 cm³/mol. The highest BCUT2D eigenvalue weighted by Crippen LogP contribution is 2.43. The lowest BCUT2D eigenvalue weighted by molar-refractivity contribution is -0.133. The van der Waals surface area contributed by atoms with Gasteiger partial charge in [-0.2, -0.15) is 0 Å². The molecule has 4 aromatic rings. The van der Waals surface area contributed by atoms with Gasteiger partial charge in [-0.3, -0.25) is 9.59 Å². The van der Waals surface area contributed by atoms with E-state index in [1.54, 1.807) is 0 Å². The number of carbonyl (C=O) groups is 1. The summed E-state index contributed by atoms with van der Waals surface area (Å²) in [7, 11) is 2.04. The van der Waals surface area contributed by atoms with E-state index in [1.165, 1.54) is 37.8 Å². The van der Waals surface area contributed by atoms with E-state index in [0.717, 1.165) is 37.2 Å². The van der Waals surface area contributed by atoms with Crippen LogP contribution in [0.5, 0.6) is 17.2 Å². The van der Waals surface area contributed by atoms with Crippen molar-refractivity contribution in [3.63, 3.8) is 0 Å². The molecule has 8 heteroatoms. The maximum Gasteiger partial charge on any atom is 0.223 e. The Kier molecular flexibility index (Phi) is 10.8. The molecule has 0 radical (unpaired) electrons.